The van der Waals surface area contributed by atoms with Gasteiger partial charge in [-0.2, -0.15) is 10.4 Å². The summed E-state index contributed by atoms with van der Waals surface area (Å²) >= 11 is 0. The second kappa shape index (κ2) is 13.9. The molecule has 0 saturated carbocycles. The SMILES string of the molecule is C/C(=C\c1cc(F)c2cnn(CC#N)c2c1)[C@H]1OC(=O)C[C@H](O)CC[C@H](C)[C@@H](OC(=O)N2CCN(C)CC2)C=C[C@@H]1C. The first-order valence-corrected chi connectivity index (χ1v) is 14.5. The van der Waals surface area contributed by atoms with E-state index in [1.165, 1.54) is 16.9 Å². The van der Waals surface area contributed by atoms with E-state index in [4.69, 9.17) is 14.7 Å². The molecule has 0 unspecified atom stereocenters. The fourth-order valence-electron chi connectivity index (χ4n) is 5.41. The lowest BCUT2D eigenvalue weighted by Crippen LogP contribution is -2.48. The molecule has 1 amide bonds. The van der Waals surface area contributed by atoms with E-state index < -0.39 is 30.1 Å². The van der Waals surface area contributed by atoms with Crippen LogP contribution in [0.4, 0.5) is 9.18 Å². The fourth-order valence-corrected chi connectivity index (χ4v) is 5.41. The molecule has 10 nitrogen and oxygen atoms in total. The number of ether oxygens (including phenoxy) is 2. The molecule has 1 saturated heterocycles. The van der Waals surface area contributed by atoms with E-state index in [1.807, 2.05) is 39.1 Å². The lowest BCUT2D eigenvalue weighted by Gasteiger charge is -2.33. The van der Waals surface area contributed by atoms with Crippen molar-refractivity contribution in [1.82, 2.24) is 19.6 Å². The Morgan fingerprint density at radius 3 is 2.69 bits per heavy atom. The molecule has 0 bridgehead atoms. The summed E-state index contributed by atoms with van der Waals surface area (Å²) in [5.41, 5.74) is 1.68. The summed E-state index contributed by atoms with van der Waals surface area (Å²) in [6, 6.07) is 5.14. The van der Waals surface area contributed by atoms with E-state index in [2.05, 4.69) is 10.00 Å². The Balaban J connectivity index is 1.60. The van der Waals surface area contributed by atoms with Gasteiger partial charge in [0.1, 0.15) is 24.6 Å². The minimum atomic E-state index is -0.894. The van der Waals surface area contributed by atoms with Crippen LogP contribution < -0.4 is 0 Å². The summed E-state index contributed by atoms with van der Waals surface area (Å²) in [7, 11) is 2.02. The third-order valence-electron chi connectivity index (χ3n) is 8.05. The summed E-state index contributed by atoms with van der Waals surface area (Å²) in [4.78, 5) is 29.7. The molecular formula is C31H40FN5O5. The maximum atomic E-state index is 14.9. The van der Waals surface area contributed by atoms with Crippen molar-refractivity contribution < 1.29 is 28.6 Å². The smallest absolute Gasteiger partial charge is 0.410 e. The van der Waals surface area contributed by atoms with Crippen LogP contribution in [-0.2, 0) is 20.8 Å². The third-order valence-corrected chi connectivity index (χ3v) is 8.05. The van der Waals surface area contributed by atoms with Crippen LogP contribution in [0.5, 0.6) is 0 Å². The highest BCUT2D eigenvalue weighted by atomic mass is 19.1. The molecule has 1 fully saturated rings. The number of likely N-dealkylation sites (N-methyl/N-ethyl adjacent to an activating group) is 1. The van der Waals surface area contributed by atoms with E-state index in [0.29, 0.717) is 48.0 Å². The number of carbonyl (C=O) groups excluding carboxylic acids is 2. The van der Waals surface area contributed by atoms with Crippen LogP contribution in [0, 0.1) is 29.0 Å². The van der Waals surface area contributed by atoms with Crippen LogP contribution in [0.15, 0.2) is 36.1 Å². The average Bonchev–Trinajstić information content (AvgIpc) is 3.35. The first-order chi connectivity index (χ1) is 20.0. The van der Waals surface area contributed by atoms with E-state index in [-0.39, 0.29) is 30.9 Å². The Labute approximate surface area is 246 Å². The predicted octanol–water partition coefficient (Wildman–Crippen LogP) is 4.14. The highest BCUT2D eigenvalue weighted by molar-refractivity contribution is 5.82. The highest BCUT2D eigenvalue weighted by Gasteiger charge is 2.29. The second-order valence-corrected chi connectivity index (χ2v) is 11.5. The largest absolute Gasteiger partial charge is 0.457 e. The standard InChI is InChI=1S/C31H40FN5O5/c1-20-5-7-24(38)18-29(39)42-30(21(2)6-8-28(20)41-31(40)36-13-11-35(4)12-14-36)22(3)15-23-16-26(32)25-19-34-37(10-9-33)27(25)17-23/h6,8,15-17,19-21,24,28,30,38H,5,7,10-14,18H2,1-4H3/b8-6?,22-15+/t20-,21-,24+,28-,30-/m0/s1. The molecule has 2 aliphatic rings. The number of halogens is 1. The number of cyclic esters (lactones) is 1. The van der Waals surface area contributed by atoms with Crippen LogP contribution in [0.1, 0.15) is 45.6 Å². The van der Waals surface area contributed by atoms with E-state index >= 15 is 0 Å². The monoisotopic (exact) mass is 581 g/mol. The Bertz CT molecular complexity index is 1370. The van der Waals surface area contributed by atoms with Crippen molar-refractivity contribution in [2.45, 2.75) is 64.9 Å². The van der Waals surface area contributed by atoms with Gasteiger partial charge >= 0.3 is 12.1 Å². The lowest BCUT2D eigenvalue weighted by atomic mass is 9.91. The van der Waals surface area contributed by atoms with Crippen LogP contribution in [0.3, 0.4) is 0 Å². The van der Waals surface area contributed by atoms with E-state index in [9.17, 15) is 19.1 Å². The molecule has 0 aliphatic carbocycles. The van der Waals surface area contributed by atoms with Crippen LogP contribution in [-0.4, -0.2) is 88.3 Å². The van der Waals surface area contributed by atoms with Crippen molar-refractivity contribution in [3.05, 3.63) is 47.4 Å². The summed E-state index contributed by atoms with van der Waals surface area (Å²) in [6.07, 6.45) is 5.13. The van der Waals surface area contributed by atoms with Gasteiger partial charge in [-0.15, -0.1) is 0 Å². The van der Waals surface area contributed by atoms with Crippen molar-refractivity contribution in [2.24, 2.45) is 11.8 Å². The van der Waals surface area contributed by atoms with Crippen molar-refractivity contribution in [3.8, 4) is 6.07 Å². The van der Waals surface area contributed by atoms with Crippen LogP contribution in [0.2, 0.25) is 0 Å². The summed E-state index contributed by atoms with van der Waals surface area (Å²) in [5.74, 6) is -1.41. The number of benzene rings is 1. The number of carbonyl (C=O) groups is 2. The summed E-state index contributed by atoms with van der Waals surface area (Å²) in [6.45, 7) is 8.41. The number of nitrogens with zero attached hydrogens (tertiary/aromatic N) is 5. The molecule has 3 heterocycles. The number of rotatable bonds is 4. The molecule has 4 rings (SSSR count). The Morgan fingerprint density at radius 2 is 1.98 bits per heavy atom. The minimum absolute atomic E-state index is 0.0154. The zero-order valence-electron chi connectivity index (χ0n) is 24.7. The van der Waals surface area contributed by atoms with Gasteiger partial charge in [-0.05, 0) is 62.1 Å². The first-order valence-electron chi connectivity index (χ1n) is 14.5. The maximum absolute atomic E-state index is 14.9. The summed E-state index contributed by atoms with van der Waals surface area (Å²) < 4.78 is 28.1. The number of hydrogen-bond donors (Lipinski definition) is 1. The molecule has 42 heavy (non-hydrogen) atoms. The third kappa shape index (κ3) is 7.75. The van der Waals surface area contributed by atoms with Gasteiger partial charge in [-0.25, -0.2) is 9.18 Å². The van der Waals surface area contributed by atoms with Crippen LogP contribution >= 0.6 is 0 Å². The molecule has 0 spiro atoms. The van der Waals surface area contributed by atoms with Crippen molar-refractivity contribution in [3.63, 3.8) is 0 Å². The average molecular weight is 582 g/mol. The first kappa shape index (κ1) is 31.2. The molecule has 0 radical (unpaired) electrons. The molecule has 1 aromatic heterocycles. The van der Waals surface area contributed by atoms with Crippen molar-refractivity contribution >= 4 is 29.0 Å². The molecule has 1 aromatic carbocycles. The Morgan fingerprint density at radius 1 is 1.24 bits per heavy atom. The summed E-state index contributed by atoms with van der Waals surface area (Å²) in [5, 5.41) is 24.1. The van der Waals surface area contributed by atoms with Gasteiger partial charge in [0.05, 0.1) is 35.7 Å². The Kier molecular flexibility index (Phi) is 10.4. The van der Waals surface area contributed by atoms with Crippen LogP contribution in [0.25, 0.3) is 17.0 Å². The van der Waals surface area contributed by atoms with Gasteiger partial charge in [0.25, 0.3) is 0 Å². The van der Waals surface area contributed by atoms with Gasteiger partial charge in [-0.1, -0.05) is 26.0 Å². The number of hydrogen-bond acceptors (Lipinski definition) is 8. The van der Waals surface area contributed by atoms with Gasteiger partial charge in [-0.3, -0.25) is 9.48 Å². The Hall–Kier alpha value is -3.75. The normalized spacial score (nSPS) is 26.7. The number of aliphatic hydroxyl groups excluding tert-OH is 1. The molecule has 2 aromatic rings. The number of nitriles is 1. The van der Waals surface area contributed by atoms with Gasteiger partial charge in [0, 0.05) is 32.1 Å². The highest BCUT2D eigenvalue weighted by Crippen LogP contribution is 2.27. The molecule has 2 aliphatic heterocycles. The topological polar surface area (TPSA) is 121 Å². The second-order valence-electron chi connectivity index (χ2n) is 11.5. The molecule has 226 valence electrons. The van der Waals surface area contributed by atoms with Gasteiger partial charge in [0.15, 0.2) is 0 Å². The van der Waals surface area contributed by atoms with E-state index in [1.54, 1.807) is 24.0 Å². The molecule has 1 N–H and O–H groups in total. The van der Waals surface area contributed by atoms with Crippen molar-refractivity contribution in [2.75, 3.05) is 33.2 Å². The lowest BCUT2D eigenvalue weighted by molar-refractivity contribution is -0.151. The van der Waals surface area contributed by atoms with E-state index in [0.717, 1.165) is 13.1 Å². The molecule has 5 atom stereocenters. The zero-order valence-corrected chi connectivity index (χ0v) is 24.7. The maximum Gasteiger partial charge on any atom is 0.410 e. The number of aromatic nitrogens is 2. The molecule has 11 heteroatoms. The minimum Gasteiger partial charge on any atom is -0.457 e. The number of aliphatic hydroxyl groups is 1. The number of esters is 1. The quantitative estimate of drug-likeness (QED) is 0.423. The number of fused-ring (bicyclic) bond motifs is 1. The van der Waals surface area contributed by atoms with Gasteiger partial charge in [0.2, 0.25) is 0 Å². The molecular weight excluding hydrogens is 541 g/mol. The number of amides is 1. The predicted molar refractivity (Wildman–Crippen MR) is 155 cm³/mol. The fraction of sp³-hybridized carbons (Fsp3) is 0.548. The zero-order chi connectivity index (χ0) is 30.4. The number of piperazine rings is 1. The van der Waals surface area contributed by atoms with Crippen molar-refractivity contribution in [1.29, 1.82) is 5.26 Å². The van der Waals surface area contributed by atoms with Gasteiger partial charge < -0.3 is 24.4 Å².